The molecule has 178 valence electrons. The van der Waals surface area contributed by atoms with Crippen LogP contribution in [0.25, 0.3) is 11.1 Å². The Morgan fingerprint density at radius 1 is 1.12 bits per heavy atom. The zero-order valence-electron chi connectivity index (χ0n) is 17.1. The van der Waals surface area contributed by atoms with E-state index in [2.05, 4.69) is 5.10 Å². The van der Waals surface area contributed by atoms with E-state index in [-0.39, 0.29) is 16.7 Å². The van der Waals surface area contributed by atoms with Crippen molar-refractivity contribution in [1.82, 2.24) is 9.78 Å². The van der Waals surface area contributed by atoms with Gasteiger partial charge in [-0.3, -0.25) is 4.68 Å². The monoisotopic (exact) mass is 511 g/mol. The highest BCUT2D eigenvalue weighted by molar-refractivity contribution is 7.99. The summed E-state index contributed by atoms with van der Waals surface area (Å²) in [6.45, 7) is -0.579. The number of aliphatic hydroxyl groups excluding tert-OH is 3. The van der Waals surface area contributed by atoms with Crippen LogP contribution in [0.1, 0.15) is 11.6 Å². The maximum atomic E-state index is 13.7. The molecule has 1 fully saturated rings. The first kappa shape index (κ1) is 24.5. The minimum Gasteiger partial charge on any atom is -0.394 e. The summed E-state index contributed by atoms with van der Waals surface area (Å²) in [5.74, 6) is -4.35. The van der Waals surface area contributed by atoms with Gasteiger partial charge in [-0.2, -0.15) is 10.4 Å². The van der Waals surface area contributed by atoms with Gasteiger partial charge in [-0.15, -0.1) is 0 Å². The van der Waals surface area contributed by atoms with Crippen molar-refractivity contribution in [3.8, 4) is 17.2 Å². The highest BCUT2D eigenvalue weighted by atomic mass is 35.5. The Labute approximate surface area is 201 Å². The molecule has 12 heteroatoms. The lowest BCUT2D eigenvalue weighted by Crippen LogP contribution is -2.55. The molecule has 3 aromatic rings. The number of aromatic nitrogens is 2. The molecular formula is C22H17ClF3N3O4S. The molecule has 1 aromatic heterocycles. The molecular weight excluding hydrogens is 495 g/mol. The molecule has 2 aromatic carbocycles. The number of nitrogens with zero attached hydrogens (tertiary/aromatic N) is 3. The van der Waals surface area contributed by atoms with E-state index in [1.54, 1.807) is 0 Å². The van der Waals surface area contributed by atoms with Crippen LogP contribution in [0, 0.1) is 28.8 Å². The second-order valence-electron chi connectivity index (χ2n) is 7.53. The van der Waals surface area contributed by atoms with E-state index in [9.17, 15) is 33.8 Å². The minimum absolute atomic E-state index is 0.000844. The number of thioether (sulfide) groups is 1. The Balaban J connectivity index is 1.66. The first-order chi connectivity index (χ1) is 16.2. The van der Waals surface area contributed by atoms with Crippen molar-refractivity contribution < 1.29 is 33.2 Å². The maximum Gasteiger partial charge on any atom is 0.194 e. The molecule has 0 amide bonds. The molecule has 0 spiro atoms. The Bertz CT molecular complexity index is 1230. The maximum absolute atomic E-state index is 13.7. The van der Waals surface area contributed by atoms with E-state index in [1.807, 2.05) is 6.07 Å². The summed E-state index contributed by atoms with van der Waals surface area (Å²) in [6.07, 6.45) is -1.33. The average Bonchev–Trinajstić information content (AvgIpc) is 3.29. The number of rotatable bonds is 5. The molecule has 1 aliphatic rings. The van der Waals surface area contributed by atoms with Crippen molar-refractivity contribution in [2.45, 2.75) is 34.7 Å². The molecule has 0 unspecified atom stereocenters. The van der Waals surface area contributed by atoms with Crippen LogP contribution in [0.3, 0.4) is 0 Å². The zero-order chi connectivity index (χ0) is 24.6. The smallest absolute Gasteiger partial charge is 0.194 e. The van der Waals surface area contributed by atoms with Gasteiger partial charge >= 0.3 is 0 Å². The number of hydrogen-bond acceptors (Lipinski definition) is 7. The molecule has 2 heterocycles. The van der Waals surface area contributed by atoms with E-state index in [4.69, 9.17) is 16.3 Å². The zero-order valence-corrected chi connectivity index (χ0v) is 18.7. The second-order valence-corrected chi connectivity index (χ2v) is 9.11. The van der Waals surface area contributed by atoms with Crippen LogP contribution in [0.15, 0.2) is 47.6 Å². The summed E-state index contributed by atoms with van der Waals surface area (Å²) in [5.41, 5.74) is -0.546. The van der Waals surface area contributed by atoms with Gasteiger partial charge in [0.25, 0.3) is 0 Å². The predicted molar refractivity (Wildman–Crippen MR) is 116 cm³/mol. The number of nitriles is 1. The summed E-state index contributed by atoms with van der Waals surface area (Å²) in [6, 6.07) is 7.07. The van der Waals surface area contributed by atoms with E-state index >= 15 is 0 Å². The lowest BCUT2D eigenvalue weighted by molar-refractivity contribution is -0.178. The minimum atomic E-state index is -1.60. The Morgan fingerprint density at radius 2 is 1.82 bits per heavy atom. The van der Waals surface area contributed by atoms with Gasteiger partial charge < -0.3 is 20.1 Å². The fourth-order valence-electron chi connectivity index (χ4n) is 3.66. The molecule has 7 nitrogen and oxygen atoms in total. The fourth-order valence-corrected chi connectivity index (χ4v) is 5.08. The second kappa shape index (κ2) is 9.95. The number of ether oxygens (including phenoxy) is 1. The summed E-state index contributed by atoms with van der Waals surface area (Å²) < 4.78 is 47.5. The lowest BCUT2D eigenvalue weighted by Gasteiger charge is -2.42. The molecule has 3 N–H and O–H groups in total. The predicted octanol–water partition coefficient (Wildman–Crippen LogP) is 3.26. The van der Waals surface area contributed by atoms with Gasteiger partial charge in [0.2, 0.25) is 0 Å². The molecule has 5 atom stereocenters. The van der Waals surface area contributed by atoms with E-state index < -0.39 is 53.8 Å². The third-order valence-corrected chi connectivity index (χ3v) is 6.83. The fraction of sp³-hybridized carbons (Fsp3) is 0.273. The number of aliphatic hydroxyl groups is 3. The molecule has 4 rings (SSSR count). The van der Waals surface area contributed by atoms with E-state index in [0.29, 0.717) is 9.92 Å². The lowest BCUT2D eigenvalue weighted by atomic mass is 9.97. The summed E-state index contributed by atoms with van der Waals surface area (Å²) in [7, 11) is 0. The van der Waals surface area contributed by atoms with Crippen LogP contribution in [-0.4, -0.2) is 55.5 Å². The van der Waals surface area contributed by atoms with Crippen LogP contribution in [0.4, 0.5) is 13.2 Å². The van der Waals surface area contributed by atoms with Crippen molar-refractivity contribution >= 4 is 23.4 Å². The standard InChI is InChI=1S/C22H17ClF3N3O4S/c23-13-2-1-10(6-27)17(5-13)34-22-21(32)19(20(31)16(9-30)33-22)29-8-12(7-28-29)11-3-14(24)18(26)15(25)4-11/h1-5,7-8,16,19-22,30-32H,9H2/t16-,19+,20+,21-,22-/m1/s1. The van der Waals surface area contributed by atoms with Crippen LogP contribution >= 0.6 is 23.4 Å². The number of halogens is 4. The van der Waals surface area contributed by atoms with Crippen molar-refractivity contribution in [3.63, 3.8) is 0 Å². The highest BCUT2D eigenvalue weighted by Gasteiger charge is 2.46. The SMILES string of the molecule is N#Cc1ccc(Cl)cc1S[C@H]1O[C@H](CO)[C@H](O)[C@H](n2cc(-c3cc(F)c(F)c(F)c3)cn2)[C@H]1O. The highest BCUT2D eigenvalue weighted by Crippen LogP contribution is 2.40. The largest absolute Gasteiger partial charge is 0.394 e. The molecule has 0 saturated carbocycles. The van der Waals surface area contributed by atoms with Crippen LogP contribution in [0.2, 0.25) is 5.02 Å². The molecule has 0 bridgehead atoms. The third kappa shape index (κ3) is 4.65. The molecule has 0 aliphatic carbocycles. The van der Waals surface area contributed by atoms with Crippen molar-refractivity contribution in [1.29, 1.82) is 5.26 Å². The summed E-state index contributed by atoms with van der Waals surface area (Å²) in [5, 5.41) is 45.3. The van der Waals surface area contributed by atoms with Gasteiger partial charge in [0, 0.05) is 21.7 Å². The van der Waals surface area contributed by atoms with Gasteiger partial charge in [0.15, 0.2) is 17.5 Å². The normalized spacial score (nSPS) is 24.7. The molecule has 1 aliphatic heterocycles. The van der Waals surface area contributed by atoms with Gasteiger partial charge in [0.1, 0.15) is 35.9 Å². The summed E-state index contributed by atoms with van der Waals surface area (Å²) >= 11 is 7.01. The van der Waals surface area contributed by atoms with Crippen LogP contribution in [0.5, 0.6) is 0 Å². The first-order valence-corrected chi connectivity index (χ1v) is 11.2. The van der Waals surface area contributed by atoms with Crippen molar-refractivity contribution in [2.24, 2.45) is 0 Å². The van der Waals surface area contributed by atoms with Crippen LogP contribution in [-0.2, 0) is 4.74 Å². The molecule has 34 heavy (non-hydrogen) atoms. The number of hydrogen-bond donors (Lipinski definition) is 3. The van der Waals surface area contributed by atoms with Gasteiger partial charge in [-0.25, -0.2) is 13.2 Å². The van der Waals surface area contributed by atoms with Gasteiger partial charge in [-0.05, 0) is 35.9 Å². The topological polar surface area (TPSA) is 112 Å². The van der Waals surface area contributed by atoms with E-state index in [1.165, 1.54) is 35.3 Å². The Hall–Kier alpha value is -2.59. The van der Waals surface area contributed by atoms with Crippen molar-refractivity contribution in [3.05, 3.63) is 70.8 Å². The van der Waals surface area contributed by atoms with Gasteiger partial charge in [-0.1, -0.05) is 23.4 Å². The third-order valence-electron chi connectivity index (χ3n) is 5.38. The van der Waals surface area contributed by atoms with Gasteiger partial charge in [0.05, 0.1) is 18.4 Å². The molecule has 1 saturated heterocycles. The molecule has 0 radical (unpaired) electrons. The van der Waals surface area contributed by atoms with E-state index in [0.717, 1.165) is 23.9 Å². The average molecular weight is 512 g/mol. The quantitative estimate of drug-likeness (QED) is 0.451. The Kier molecular flexibility index (Phi) is 7.18. The Morgan fingerprint density at radius 3 is 2.47 bits per heavy atom. The van der Waals surface area contributed by atoms with Crippen molar-refractivity contribution in [2.75, 3.05) is 6.61 Å². The number of benzene rings is 2. The summed E-state index contributed by atoms with van der Waals surface area (Å²) in [4.78, 5) is 0.421. The van der Waals surface area contributed by atoms with Crippen LogP contribution < -0.4 is 0 Å². The first-order valence-electron chi connectivity index (χ1n) is 9.91.